The minimum Gasteiger partial charge on any atom is -0.454 e. The van der Waals surface area contributed by atoms with Crippen molar-refractivity contribution in [2.45, 2.75) is 19.0 Å². The third-order valence-corrected chi connectivity index (χ3v) is 8.15. The van der Waals surface area contributed by atoms with Gasteiger partial charge in [0.05, 0.1) is 11.7 Å². The zero-order chi connectivity index (χ0) is 26.7. The van der Waals surface area contributed by atoms with E-state index in [-0.39, 0.29) is 18.9 Å². The lowest BCUT2D eigenvalue weighted by Crippen LogP contribution is -2.75. The van der Waals surface area contributed by atoms with Crippen LogP contribution in [0.5, 0.6) is 11.5 Å². The van der Waals surface area contributed by atoms with E-state index in [2.05, 4.69) is 15.1 Å². The number of amides is 4. The van der Waals surface area contributed by atoms with Gasteiger partial charge in [-0.25, -0.2) is 14.1 Å². The molecule has 0 saturated carbocycles. The van der Waals surface area contributed by atoms with Gasteiger partial charge in [0.25, 0.3) is 5.91 Å². The first-order valence-corrected chi connectivity index (χ1v) is 12.8. The van der Waals surface area contributed by atoms with Gasteiger partial charge in [-0.3, -0.25) is 19.8 Å². The van der Waals surface area contributed by atoms with Crippen LogP contribution in [-0.2, 0) is 22.6 Å². The molecule has 2 atom stereocenters. The number of imide groups is 2. The number of para-hydroxylation sites is 1. The lowest BCUT2D eigenvalue weighted by Gasteiger charge is -2.55. The molecule has 0 aromatic heterocycles. The molecule has 4 aliphatic heterocycles. The molecule has 2 fully saturated rings. The van der Waals surface area contributed by atoms with Crippen molar-refractivity contribution in [1.29, 1.82) is 0 Å². The van der Waals surface area contributed by atoms with E-state index in [9.17, 15) is 18.8 Å². The zero-order valence-electron chi connectivity index (χ0n) is 20.9. The summed E-state index contributed by atoms with van der Waals surface area (Å²) >= 11 is 0. The Kier molecular flexibility index (Phi) is 5.34. The van der Waals surface area contributed by atoms with Crippen molar-refractivity contribution in [2.75, 3.05) is 36.2 Å². The molecule has 3 aromatic carbocycles. The minimum atomic E-state index is -1.55. The second-order valence-electron chi connectivity index (χ2n) is 10.3. The number of hydrogen-bond acceptors (Lipinski definition) is 7. The number of piperazine rings is 1. The number of urea groups is 1. The highest BCUT2D eigenvalue weighted by atomic mass is 19.1. The SMILES string of the molecule is O=C1NC(=O)[C@@]2(Cc3ccccc3N3CCN(Cc4ccc5c(c4)OCO5)C[C@H]32)C(=O)N1c1ccc(F)cc1. The van der Waals surface area contributed by atoms with E-state index in [0.29, 0.717) is 37.7 Å². The second-order valence-corrected chi connectivity index (χ2v) is 10.3. The summed E-state index contributed by atoms with van der Waals surface area (Å²) in [5, 5.41) is 2.45. The monoisotopic (exact) mass is 528 g/mol. The fraction of sp³-hybridized carbons (Fsp3) is 0.276. The highest BCUT2D eigenvalue weighted by molar-refractivity contribution is 6.30. The Morgan fingerprint density at radius 3 is 2.59 bits per heavy atom. The van der Waals surface area contributed by atoms with Crippen LogP contribution in [0.4, 0.5) is 20.6 Å². The Morgan fingerprint density at radius 1 is 0.949 bits per heavy atom. The number of fused-ring (bicyclic) bond motifs is 5. The molecule has 4 amide bonds. The molecule has 10 heteroatoms. The van der Waals surface area contributed by atoms with Crippen LogP contribution in [-0.4, -0.2) is 55.2 Å². The van der Waals surface area contributed by atoms with Gasteiger partial charge in [0.15, 0.2) is 16.9 Å². The summed E-state index contributed by atoms with van der Waals surface area (Å²) in [5.74, 6) is -0.285. The van der Waals surface area contributed by atoms with E-state index < -0.39 is 35.1 Å². The number of carbonyl (C=O) groups excluding carboxylic acids is 3. The van der Waals surface area contributed by atoms with Crippen LogP contribution in [0.15, 0.2) is 66.7 Å². The topological polar surface area (TPSA) is 91.4 Å². The average Bonchev–Trinajstić information content (AvgIpc) is 3.41. The highest BCUT2D eigenvalue weighted by Crippen LogP contribution is 2.46. The summed E-state index contributed by atoms with van der Waals surface area (Å²) in [6.45, 7) is 2.52. The molecular weight excluding hydrogens is 503 g/mol. The standard InChI is InChI=1S/C29H25FN4O5/c30-20-6-8-21(9-7-20)34-27(36)29(26(35)31-28(34)37)14-19-3-1-2-4-22(19)33-12-11-32(16-25(29)33)15-18-5-10-23-24(13-18)39-17-38-23/h1-10,13,25H,11-12,14-17H2,(H,31,35,37)/t25-,29-/m0/s1. The maximum Gasteiger partial charge on any atom is 0.335 e. The molecule has 0 aliphatic carbocycles. The van der Waals surface area contributed by atoms with Gasteiger partial charge in [-0.15, -0.1) is 0 Å². The number of nitrogens with one attached hydrogen (secondary N) is 1. The molecule has 9 nitrogen and oxygen atoms in total. The van der Waals surface area contributed by atoms with Crippen molar-refractivity contribution in [3.8, 4) is 11.5 Å². The Bertz CT molecular complexity index is 1510. The van der Waals surface area contributed by atoms with Gasteiger partial charge < -0.3 is 14.4 Å². The fourth-order valence-electron chi connectivity index (χ4n) is 6.28. The lowest BCUT2D eigenvalue weighted by molar-refractivity contribution is -0.145. The predicted octanol–water partition coefficient (Wildman–Crippen LogP) is 3.07. The van der Waals surface area contributed by atoms with Crippen LogP contribution in [0.1, 0.15) is 11.1 Å². The predicted molar refractivity (Wildman–Crippen MR) is 139 cm³/mol. The van der Waals surface area contributed by atoms with Gasteiger partial charge >= 0.3 is 6.03 Å². The van der Waals surface area contributed by atoms with Gasteiger partial charge in [-0.2, -0.15) is 0 Å². The summed E-state index contributed by atoms with van der Waals surface area (Å²) in [5.41, 5.74) is 1.55. The van der Waals surface area contributed by atoms with Crippen LogP contribution in [0.2, 0.25) is 0 Å². The van der Waals surface area contributed by atoms with Crippen molar-refractivity contribution in [1.82, 2.24) is 10.2 Å². The number of anilines is 2. The van der Waals surface area contributed by atoms with Crippen LogP contribution >= 0.6 is 0 Å². The van der Waals surface area contributed by atoms with Gasteiger partial charge in [-0.05, 0) is 60.0 Å². The summed E-state index contributed by atoms with van der Waals surface area (Å²) < 4.78 is 24.6. The number of ether oxygens (including phenoxy) is 2. The molecule has 7 rings (SSSR count). The van der Waals surface area contributed by atoms with E-state index in [0.717, 1.165) is 21.7 Å². The van der Waals surface area contributed by atoms with Gasteiger partial charge in [0.2, 0.25) is 12.7 Å². The first-order chi connectivity index (χ1) is 18.9. The minimum absolute atomic E-state index is 0.151. The zero-order valence-corrected chi connectivity index (χ0v) is 20.9. The van der Waals surface area contributed by atoms with Gasteiger partial charge in [-0.1, -0.05) is 24.3 Å². The molecule has 4 aliphatic rings. The third kappa shape index (κ3) is 3.66. The summed E-state index contributed by atoms with van der Waals surface area (Å²) in [6.07, 6.45) is 0.151. The van der Waals surface area contributed by atoms with Crippen LogP contribution in [0, 0.1) is 11.2 Å². The first-order valence-electron chi connectivity index (χ1n) is 12.8. The number of hydrogen-bond donors (Lipinski definition) is 1. The Labute approximate surface area is 223 Å². The molecule has 0 bridgehead atoms. The number of barbiturate groups is 1. The van der Waals surface area contributed by atoms with Gasteiger partial charge in [0.1, 0.15) is 5.82 Å². The number of rotatable bonds is 3. The quantitative estimate of drug-likeness (QED) is 0.523. The summed E-state index contributed by atoms with van der Waals surface area (Å²) in [7, 11) is 0. The Morgan fingerprint density at radius 2 is 1.74 bits per heavy atom. The van der Waals surface area contributed by atoms with Crippen LogP contribution in [0.25, 0.3) is 0 Å². The van der Waals surface area contributed by atoms with Gasteiger partial charge in [0, 0.05) is 31.9 Å². The molecule has 1 spiro atoms. The maximum absolute atomic E-state index is 14.3. The molecule has 3 aromatic rings. The third-order valence-electron chi connectivity index (χ3n) is 8.15. The number of carbonyl (C=O) groups is 3. The number of halogens is 1. The van der Waals surface area contributed by atoms with E-state index in [1.54, 1.807) is 0 Å². The van der Waals surface area contributed by atoms with E-state index in [4.69, 9.17) is 9.47 Å². The van der Waals surface area contributed by atoms with Crippen molar-refractivity contribution >= 4 is 29.2 Å². The smallest absolute Gasteiger partial charge is 0.335 e. The molecule has 39 heavy (non-hydrogen) atoms. The molecule has 2 saturated heterocycles. The Balaban J connectivity index is 1.27. The molecule has 4 heterocycles. The molecule has 0 radical (unpaired) electrons. The van der Waals surface area contributed by atoms with E-state index in [1.165, 1.54) is 24.3 Å². The average molecular weight is 529 g/mol. The van der Waals surface area contributed by atoms with E-state index in [1.807, 2.05) is 42.5 Å². The Hall–Kier alpha value is -4.44. The van der Waals surface area contributed by atoms with Crippen molar-refractivity contribution < 1.29 is 28.2 Å². The number of nitrogens with zero attached hydrogens (tertiary/aromatic N) is 3. The second kappa shape index (κ2) is 8.81. The molecular formula is C29H25FN4O5. The summed E-state index contributed by atoms with van der Waals surface area (Å²) in [6, 6.07) is 17.4. The maximum atomic E-state index is 14.3. The molecule has 198 valence electrons. The fourth-order valence-corrected chi connectivity index (χ4v) is 6.28. The molecule has 0 unspecified atom stereocenters. The first kappa shape index (κ1) is 23.7. The number of benzene rings is 3. The van der Waals surface area contributed by atoms with Crippen molar-refractivity contribution in [3.05, 3.63) is 83.7 Å². The normalized spacial score (nSPS) is 24.0. The molecule has 1 N–H and O–H groups in total. The van der Waals surface area contributed by atoms with Crippen molar-refractivity contribution in [2.24, 2.45) is 5.41 Å². The van der Waals surface area contributed by atoms with Crippen LogP contribution in [0.3, 0.4) is 0 Å². The lowest BCUT2D eigenvalue weighted by atomic mass is 9.67. The highest BCUT2D eigenvalue weighted by Gasteiger charge is 2.63. The summed E-state index contributed by atoms with van der Waals surface area (Å²) in [4.78, 5) is 46.4. The largest absolute Gasteiger partial charge is 0.454 e. The van der Waals surface area contributed by atoms with Crippen molar-refractivity contribution in [3.63, 3.8) is 0 Å². The van der Waals surface area contributed by atoms with Crippen LogP contribution < -0.4 is 24.6 Å². The van der Waals surface area contributed by atoms with E-state index >= 15 is 0 Å².